The predicted molar refractivity (Wildman–Crippen MR) is 115 cm³/mol. The fourth-order valence-corrected chi connectivity index (χ4v) is 3.31. The summed E-state index contributed by atoms with van der Waals surface area (Å²) < 4.78 is 0. The lowest BCUT2D eigenvalue weighted by molar-refractivity contribution is -0.137. The number of aliphatic carboxylic acids is 1. The second kappa shape index (κ2) is 21.2. The van der Waals surface area contributed by atoms with Crippen LogP contribution in [0.15, 0.2) is 12.2 Å². The van der Waals surface area contributed by atoms with E-state index in [-0.39, 0.29) is 0 Å². The fourth-order valence-electron chi connectivity index (χ4n) is 3.31. The van der Waals surface area contributed by atoms with E-state index in [1.165, 1.54) is 70.6 Å². The number of allylic oxidation sites excluding steroid dienone is 2. The van der Waals surface area contributed by atoms with E-state index in [0.29, 0.717) is 12.2 Å². The molecule has 3 heteroatoms. The molecule has 0 aromatic rings. The van der Waals surface area contributed by atoms with Gasteiger partial charge in [-0.1, -0.05) is 89.7 Å². The number of Topliss-reactive ketones (excluding diaryl/α,β-unsaturated/α-hetero) is 1. The Balaban J connectivity index is 3.21. The Labute approximate surface area is 168 Å². The van der Waals surface area contributed by atoms with E-state index in [1.54, 1.807) is 0 Å². The van der Waals surface area contributed by atoms with Gasteiger partial charge in [-0.15, -0.1) is 0 Å². The molecule has 158 valence electrons. The molecule has 0 aliphatic carbocycles. The molecule has 3 nitrogen and oxygen atoms in total. The summed E-state index contributed by atoms with van der Waals surface area (Å²) in [6, 6.07) is 0. The first-order valence-corrected chi connectivity index (χ1v) is 11.5. The molecule has 0 spiro atoms. The molecular formula is C24H44O3. The first-order chi connectivity index (χ1) is 13.2. The Morgan fingerprint density at radius 1 is 0.593 bits per heavy atom. The molecule has 0 aromatic heterocycles. The minimum Gasteiger partial charge on any atom is -0.481 e. The molecule has 0 rings (SSSR count). The van der Waals surface area contributed by atoms with Crippen molar-refractivity contribution < 1.29 is 14.7 Å². The molecule has 0 aliphatic rings. The zero-order valence-corrected chi connectivity index (χ0v) is 17.9. The highest BCUT2D eigenvalue weighted by molar-refractivity contribution is 5.78. The zero-order valence-electron chi connectivity index (χ0n) is 17.9. The number of carboxylic acids is 1. The second-order valence-electron chi connectivity index (χ2n) is 7.83. The van der Waals surface area contributed by atoms with E-state index in [4.69, 9.17) is 5.11 Å². The van der Waals surface area contributed by atoms with Crippen LogP contribution in [0.25, 0.3) is 0 Å². The van der Waals surface area contributed by atoms with Gasteiger partial charge in [0.2, 0.25) is 0 Å². The maximum atomic E-state index is 11.8. The Morgan fingerprint density at radius 2 is 1.07 bits per heavy atom. The summed E-state index contributed by atoms with van der Waals surface area (Å²) >= 11 is 0. The molecule has 0 saturated heterocycles. The average Bonchev–Trinajstić information content (AvgIpc) is 2.64. The van der Waals surface area contributed by atoms with Crippen LogP contribution in [0, 0.1) is 0 Å². The summed E-state index contributed by atoms with van der Waals surface area (Å²) in [4.78, 5) is 22.2. The summed E-state index contributed by atoms with van der Waals surface area (Å²) in [6.07, 6.45) is 25.1. The lowest BCUT2D eigenvalue weighted by Crippen LogP contribution is -1.96. The Hall–Kier alpha value is -1.12. The normalized spacial score (nSPS) is 11.3. The number of rotatable bonds is 21. The van der Waals surface area contributed by atoms with Crippen molar-refractivity contribution in [2.24, 2.45) is 0 Å². The summed E-state index contributed by atoms with van der Waals surface area (Å²) in [6.45, 7) is 2.22. The van der Waals surface area contributed by atoms with Crippen molar-refractivity contribution in [1.29, 1.82) is 0 Å². The molecule has 1 N–H and O–H groups in total. The summed E-state index contributed by atoms with van der Waals surface area (Å²) in [5.41, 5.74) is 0. The van der Waals surface area contributed by atoms with Crippen molar-refractivity contribution in [2.75, 3.05) is 0 Å². The van der Waals surface area contributed by atoms with E-state index in [2.05, 4.69) is 19.1 Å². The third-order valence-electron chi connectivity index (χ3n) is 5.08. The van der Waals surface area contributed by atoms with Crippen molar-refractivity contribution in [3.8, 4) is 0 Å². The van der Waals surface area contributed by atoms with Crippen molar-refractivity contribution in [3.63, 3.8) is 0 Å². The molecule has 0 heterocycles. The molecule has 0 amide bonds. The van der Waals surface area contributed by atoms with Gasteiger partial charge in [-0.05, 0) is 32.1 Å². The molecule has 0 bridgehead atoms. The van der Waals surface area contributed by atoms with Crippen molar-refractivity contribution in [1.82, 2.24) is 0 Å². The number of hydrogen-bond donors (Lipinski definition) is 1. The SMILES string of the molecule is CCCCC/C=C\CCC(=O)CCCCCCCCCCCCCC(=O)O. The van der Waals surface area contributed by atoms with Crippen LogP contribution >= 0.6 is 0 Å². The van der Waals surface area contributed by atoms with Gasteiger partial charge < -0.3 is 5.11 Å². The van der Waals surface area contributed by atoms with E-state index < -0.39 is 5.97 Å². The Kier molecular flexibility index (Phi) is 20.3. The van der Waals surface area contributed by atoms with E-state index in [0.717, 1.165) is 44.9 Å². The van der Waals surface area contributed by atoms with Crippen LogP contribution in [0.4, 0.5) is 0 Å². The molecule has 0 aromatic carbocycles. The lowest BCUT2D eigenvalue weighted by Gasteiger charge is -2.03. The van der Waals surface area contributed by atoms with Gasteiger partial charge in [0.05, 0.1) is 0 Å². The number of ketones is 1. The molecule has 27 heavy (non-hydrogen) atoms. The zero-order chi connectivity index (χ0) is 20.0. The van der Waals surface area contributed by atoms with Gasteiger partial charge >= 0.3 is 5.97 Å². The summed E-state index contributed by atoms with van der Waals surface area (Å²) in [7, 11) is 0. The highest BCUT2D eigenvalue weighted by atomic mass is 16.4. The van der Waals surface area contributed by atoms with E-state index >= 15 is 0 Å². The van der Waals surface area contributed by atoms with Crippen LogP contribution in [-0.2, 0) is 9.59 Å². The van der Waals surface area contributed by atoms with Gasteiger partial charge in [-0.3, -0.25) is 9.59 Å². The van der Waals surface area contributed by atoms with Crippen LogP contribution in [0.2, 0.25) is 0 Å². The molecule has 0 unspecified atom stereocenters. The molecule has 0 saturated carbocycles. The second-order valence-corrected chi connectivity index (χ2v) is 7.83. The summed E-state index contributed by atoms with van der Waals surface area (Å²) in [5.74, 6) is -0.248. The maximum absolute atomic E-state index is 11.8. The number of carboxylic acid groups (broad SMARTS) is 1. The number of carbonyl (C=O) groups is 2. The van der Waals surface area contributed by atoms with Gasteiger partial charge in [0.15, 0.2) is 0 Å². The number of unbranched alkanes of at least 4 members (excludes halogenated alkanes) is 13. The first kappa shape index (κ1) is 25.9. The molecular weight excluding hydrogens is 336 g/mol. The fraction of sp³-hybridized carbons (Fsp3) is 0.833. The number of hydrogen-bond acceptors (Lipinski definition) is 2. The van der Waals surface area contributed by atoms with Crippen molar-refractivity contribution >= 4 is 11.8 Å². The van der Waals surface area contributed by atoms with Gasteiger partial charge in [0.25, 0.3) is 0 Å². The van der Waals surface area contributed by atoms with Gasteiger partial charge in [0.1, 0.15) is 5.78 Å². The molecule has 0 fully saturated rings. The minimum atomic E-state index is -0.675. The standard InChI is InChI=1S/C24H44O3/c1-2-3-4-5-11-14-17-20-23(25)21-18-15-12-9-7-6-8-10-13-16-19-22-24(26)27/h11,14H,2-10,12-13,15-22H2,1H3,(H,26,27)/b14-11-. The third-order valence-corrected chi connectivity index (χ3v) is 5.08. The summed E-state index contributed by atoms with van der Waals surface area (Å²) in [5, 5.41) is 8.57. The topological polar surface area (TPSA) is 54.4 Å². The number of carbonyl (C=O) groups excluding carboxylic acids is 1. The van der Waals surface area contributed by atoms with Crippen LogP contribution in [-0.4, -0.2) is 16.9 Å². The quantitative estimate of drug-likeness (QED) is 0.164. The van der Waals surface area contributed by atoms with Gasteiger partial charge in [0, 0.05) is 19.3 Å². The van der Waals surface area contributed by atoms with E-state index in [9.17, 15) is 9.59 Å². The largest absolute Gasteiger partial charge is 0.481 e. The van der Waals surface area contributed by atoms with Crippen LogP contribution in [0.5, 0.6) is 0 Å². The minimum absolute atomic E-state index is 0.318. The van der Waals surface area contributed by atoms with Crippen molar-refractivity contribution in [2.45, 2.75) is 129 Å². The van der Waals surface area contributed by atoms with E-state index in [1.807, 2.05) is 0 Å². The average molecular weight is 381 g/mol. The Morgan fingerprint density at radius 3 is 1.59 bits per heavy atom. The molecule has 0 aliphatic heterocycles. The predicted octanol–water partition coefficient (Wildman–Crippen LogP) is 7.63. The molecule has 0 radical (unpaired) electrons. The maximum Gasteiger partial charge on any atom is 0.303 e. The molecule has 0 atom stereocenters. The van der Waals surface area contributed by atoms with Crippen LogP contribution < -0.4 is 0 Å². The smallest absolute Gasteiger partial charge is 0.303 e. The van der Waals surface area contributed by atoms with Gasteiger partial charge in [-0.25, -0.2) is 0 Å². The van der Waals surface area contributed by atoms with Gasteiger partial charge in [-0.2, -0.15) is 0 Å². The highest BCUT2D eigenvalue weighted by Gasteiger charge is 2.01. The monoisotopic (exact) mass is 380 g/mol. The Bertz CT molecular complexity index is 374. The third kappa shape index (κ3) is 22.8. The van der Waals surface area contributed by atoms with Crippen LogP contribution in [0.3, 0.4) is 0 Å². The van der Waals surface area contributed by atoms with Crippen molar-refractivity contribution in [3.05, 3.63) is 12.2 Å². The first-order valence-electron chi connectivity index (χ1n) is 11.5. The van der Waals surface area contributed by atoms with Crippen LogP contribution in [0.1, 0.15) is 129 Å². The lowest BCUT2D eigenvalue weighted by atomic mass is 10.0. The highest BCUT2D eigenvalue weighted by Crippen LogP contribution is 2.13.